The molecule has 1 saturated heterocycles. The molecule has 156 valence electrons. The molecule has 0 unspecified atom stereocenters. The Bertz CT molecular complexity index is 919. The van der Waals surface area contributed by atoms with Gasteiger partial charge in [0.05, 0.1) is 11.9 Å². The summed E-state index contributed by atoms with van der Waals surface area (Å²) in [6.45, 7) is 4.24. The van der Waals surface area contributed by atoms with Crippen LogP contribution in [0.5, 0.6) is 0 Å². The molecule has 0 radical (unpaired) electrons. The molecule has 1 heterocycles. The first-order valence-corrected chi connectivity index (χ1v) is 11.8. The molecule has 0 aromatic heterocycles. The summed E-state index contributed by atoms with van der Waals surface area (Å²) in [4.78, 5) is 14.8. The number of rotatable bonds is 7. The average molecular weight is 416 g/mol. The molecular formula is C22H29N3O3S. The topological polar surface area (TPSA) is 69.7 Å². The molecule has 0 atom stereocenters. The summed E-state index contributed by atoms with van der Waals surface area (Å²) < 4.78 is 25.4. The van der Waals surface area contributed by atoms with E-state index in [2.05, 4.69) is 22.3 Å². The molecule has 2 aromatic rings. The molecule has 1 amide bonds. The van der Waals surface area contributed by atoms with Crippen LogP contribution in [0.1, 0.15) is 30.4 Å². The number of amides is 1. The standard InChI is InChI=1S/C22H29N3O3S/c1-18-6-10-21(11-7-18)25(29(2,27)28)17-22(26)23-16-19-8-12-20(13-9-19)24-14-4-3-5-15-24/h6-13H,3-5,14-17H2,1-2H3,(H,23,26). The number of nitrogens with one attached hydrogen (secondary N) is 1. The molecule has 1 aliphatic rings. The van der Waals surface area contributed by atoms with E-state index in [-0.39, 0.29) is 12.5 Å². The largest absolute Gasteiger partial charge is 0.372 e. The van der Waals surface area contributed by atoms with Crippen LogP contribution in [0, 0.1) is 6.92 Å². The van der Waals surface area contributed by atoms with Crippen molar-refractivity contribution < 1.29 is 13.2 Å². The highest BCUT2D eigenvalue weighted by molar-refractivity contribution is 7.92. The second-order valence-electron chi connectivity index (χ2n) is 7.60. The zero-order chi connectivity index (χ0) is 20.9. The minimum absolute atomic E-state index is 0.242. The first-order valence-electron chi connectivity index (χ1n) is 9.98. The van der Waals surface area contributed by atoms with E-state index < -0.39 is 10.0 Å². The van der Waals surface area contributed by atoms with E-state index in [1.165, 1.54) is 24.9 Å². The summed E-state index contributed by atoms with van der Waals surface area (Å²) in [5.74, 6) is -0.337. The van der Waals surface area contributed by atoms with Crippen LogP contribution in [0.2, 0.25) is 0 Å². The third-order valence-corrected chi connectivity index (χ3v) is 6.30. The number of hydrogen-bond acceptors (Lipinski definition) is 4. The molecule has 1 N–H and O–H groups in total. The van der Waals surface area contributed by atoms with Crippen LogP contribution < -0.4 is 14.5 Å². The second-order valence-corrected chi connectivity index (χ2v) is 9.50. The SMILES string of the molecule is Cc1ccc(N(CC(=O)NCc2ccc(N3CCCCC3)cc2)S(C)(=O)=O)cc1. The molecule has 0 spiro atoms. The summed E-state index contributed by atoms with van der Waals surface area (Å²) in [5.41, 5.74) is 3.71. The molecule has 29 heavy (non-hydrogen) atoms. The third kappa shape index (κ3) is 5.97. The maximum Gasteiger partial charge on any atom is 0.241 e. The van der Waals surface area contributed by atoms with Gasteiger partial charge in [-0.2, -0.15) is 0 Å². The molecule has 7 heteroatoms. The van der Waals surface area contributed by atoms with Crippen molar-refractivity contribution in [2.75, 3.05) is 35.1 Å². The number of benzene rings is 2. The summed E-state index contributed by atoms with van der Waals surface area (Å²) in [5, 5.41) is 2.82. The minimum atomic E-state index is -3.56. The maximum absolute atomic E-state index is 12.4. The number of carbonyl (C=O) groups is 1. The lowest BCUT2D eigenvalue weighted by atomic mass is 10.1. The lowest BCUT2D eigenvalue weighted by molar-refractivity contribution is -0.119. The number of nitrogens with zero attached hydrogens (tertiary/aromatic N) is 2. The van der Waals surface area contributed by atoms with Crippen LogP contribution >= 0.6 is 0 Å². The van der Waals surface area contributed by atoms with Crippen LogP contribution in [-0.2, 0) is 21.4 Å². The Labute approximate surface area is 173 Å². The fourth-order valence-electron chi connectivity index (χ4n) is 3.47. The van der Waals surface area contributed by atoms with Crippen molar-refractivity contribution in [1.82, 2.24) is 5.32 Å². The first kappa shape index (κ1) is 21.2. The van der Waals surface area contributed by atoms with Crippen molar-refractivity contribution in [1.29, 1.82) is 0 Å². The van der Waals surface area contributed by atoms with E-state index in [1.807, 2.05) is 31.2 Å². The van der Waals surface area contributed by atoms with Gasteiger partial charge in [0.15, 0.2) is 0 Å². The highest BCUT2D eigenvalue weighted by Gasteiger charge is 2.20. The monoisotopic (exact) mass is 415 g/mol. The molecule has 6 nitrogen and oxygen atoms in total. The van der Waals surface area contributed by atoms with Crippen molar-refractivity contribution in [3.8, 4) is 0 Å². The highest BCUT2D eigenvalue weighted by Crippen LogP contribution is 2.20. The van der Waals surface area contributed by atoms with E-state index in [9.17, 15) is 13.2 Å². The number of hydrogen-bond donors (Lipinski definition) is 1. The van der Waals surface area contributed by atoms with E-state index in [4.69, 9.17) is 0 Å². The van der Waals surface area contributed by atoms with Gasteiger partial charge in [-0.05, 0) is 56.0 Å². The van der Waals surface area contributed by atoms with E-state index in [0.717, 1.165) is 34.8 Å². The molecule has 3 rings (SSSR count). The fourth-order valence-corrected chi connectivity index (χ4v) is 4.33. The van der Waals surface area contributed by atoms with Crippen LogP contribution in [0.25, 0.3) is 0 Å². The van der Waals surface area contributed by atoms with Crippen LogP contribution in [-0.4, -0.2) is 40.2 Å². The molecule has 0 saturated carbocycles. The smallest absolute Gasteiger partial charge is 0.241 e. The van der Waals surface area contributed by atoms with Gasteiger partial charge in [0.2, 0.25) is 15.9 Å². The predicted octanol–water partition coefficient (Wildman–Crippen LogP) is 3.07. The van der Waals surface area contributed by atoms with E-state index in [0.29, 0.717) is 12.2 Å². The summed E-state index contributed by atoms with van der Waals surface area (Å²) >= 11 is 0. The van der Waals surface area contributed by atoms with Crippen molar-refractivity contribution in [3.63, 3.8) is 0 Å². The Hall–Kier alpha value is -2.54. The third-order valence-electron chi connectivity index (χ3n) is 5.16. The van der Waals surface area contributed by atoms with Crippen molar-refractivity contribution >= 4 is 27.3 Å². The predicted molar refractivity (Wildman–Crippen MR) is 118 cm³/mol. The Morgan fingerprint density at radius 1 is 1.00 bits per heavy atom. The number of piperidine rings is 1. The zero-order valence-corrected chi connectivity index (χ0v) is 17.9. The fraction of sp³-hybridized carbons (Fsp3) is 0.409. The molecule has 1 aliphatic heterocycles. The van der Waals surface area contributed by atoms with Gasteiger partial charge in [0, 0.05) is 25.3 Å². The molecule has 0 aliphatic carbocycles. The molecule has 1 fully saturated rings. The number of sulfonamides is 1. The van der Waals surface area contributed by atoms with Gasteiger partial charge in [0.25, 0.3) is 0 Å². The second kappa shape index (κ2) is 9.31. The lowest BCUT2D eigenvalue weighted by Crippen LogP contribution is -2.40. The number of aryl methyl sites for hydroxylation is 1. The summed E-state index contributed by atoms with van der Waals surface area (Å²) in [6.07, 6.45) is 4.87. The van der Waals surface area contributed by atoms with Gasteiger partial charge in [-0.15, -0.1) is 0 Å². The number of anilines is 2. The highest BCUT2D eigenvalue weighted by atomic mass is 32.2. The van der Waals surface area contributed by atoms with Gasteiger partial charge < -0.3 is 10.2 Å². The molecule has 2 aromatic carbocycles. The van der Waals surface area contributed by atoms with Crippen LogP contribution in [0.15, 0.2) is 48.5 Å². The minimum Gasteiger partial charge on any atom is -0.372 e. The van der Waals surface area contributed by atoms with E-state index in [1.54, 1.807) is 12.1 Å². The average Bonchev–Trinajstić information content (AvgIpc) is 2.71. The quantitative estimate of drug-likeness (QED) is 0.755. The first-order chi connectivity index (χ1) is 13.8. The lowest BCUT2D eigenvalue weighted by Gasteiger charge is -2.28. The summed E-state index contributed by atoms with van der Waals surface area (Å²) in [6, 6.07) is 15.3. The van der Waals surface area contributed by atoms with Crippen molar-refractivity contribution in [2.45, 2.75) is 32.7 Å². The molecular weight excluding hydrogens is 386 g/mol. The van der Waals surface area contributed by atoms with Crippen LogP contribution in [0.4, 0.5) is 11.4 Å². The Balaban J connectivity index is 1.58. The van der Waals surface area contributed by atoms with Crippen molar-refractivity contribution in [2.24, 2.45) is 0 Å². The van der Waals surface area contributed by atoms with Gasteiger partial charge in [-0.1, -0.05) is 29.8 Å². The Kier molecular flexibility index (Phi) is 6.79. The van der Waals surface area contributed by atoms with Crippen molar-refractivity contribution in [3.05, 3.63) is 59.7 Å². The normalized spacial score (nSPS) is 14.5. The van der Waals surface area contributed by atoms with Gasteiger partial charge in [-0.3, -0.25) is 9.10 Å². The maximum atomic E-state index is 12.4. The number of carbonyl (C=O) groups excluding carboxylic acids is 1. The van der Waals surface area contributed by atoms with Gasteiger partial charge >= 0.3 is 0 Å². The Morgan fingerprint density at radius 2 is 1.62 bits per heavy atom. The van der Waals surface area contributed by atoms with Crippen LogP contribution in [0.3, 0.4) is 0 Å². The summed E-state index contributed by atoms with van der Waals surface area (Å²) in [7, 11) is -3.56. The molecule has 0 bridgehead atoms. The van der Waals surface area contributed by atoms with Gasteiger partial charge in [-0.25, -0.2) is 8.42 Å². The zero-order valence-electron chi connectivity index (χ0n) is 17.1. The van der Waals surface area contributed by atoms with E-state index >= 15 is 0 Å². The van der Waals surface area contributed by atoms with Gasteiger partial charge in [0.1, 0.15) is 6.54 Å². The Morgan fingerprint density at radius 3 is 2.21 bits per heavy atom.